The molecule has 2 aromatic rings. The van der Waals surface area contributed by atoms with Crippen molar-refractivity contribution in [1.82, 2.24) is 14.3 Å². The van der Waals surface area contributed by atoms with Crippen LogP contribution in [0.2, 0.25) is 0 Å². The summed E-state index contributed by atoms with van der Waals surface area (Å²) in [5, 5.41) is 2.65. The third kappa shape index (κ3) is 5.23. The third-order valence-corrected chi connectivity index (χ3v) is 4.66. The number of hydrogen-bond acceptors (Lipinski definition) is 6. The van der Waals surface area contributed by atoms with Crippen molar-refractivity contribution in [1.29, 1.82) is 0 Å². The largest absolute Gasteiger partial charge is 0.424 e. The Bertz CT molecular complexity index is 846. The van der Waals surface area contributed by atoms with Gasteiger partial charge in [0.25, 0.3) is 0 Å². The van der Waals surface area contributed by atoms with E-state index in [2.05, 4.69) is 15.3 Å². The van der Waals surface area contributed by atoms with Crippen molar-refractivity contribution in [3.8, 4) is 11.8 Å². The first-order valence-electron chi connectivity index (χ1n) is 7.46. The highest BCUT2D eigenvalue weighted by Crippen LogP contribution is 2.23. The van der Waals surface area contributed by atoms with Crippen molar-refractivity contribution in [3.63, 3.8) is 0 Å². The molecule has 25 heavy (non-hydrogen) atoms. The van der Waals surface area contributed by atoms with Crippen LogP contribution < -0.4 is 10.1 Å². The van der Waals surface area contributed by atoms with Gasteiger partial charge >= 0.3 is 6.01 Å². The van der Waals surface area contributed by atoms with Gasteiger partial charge in [-0.15, -0.1) is 0 Å². The molecule has 0 aliphatic heterocycles. The summed E-state index contributed by atoms with van der Waals surface area (Å²) in [5.74, 6) is 0.132. The molecule has 0 spiro atoms. The van der Waals surface area contributed by atoms with Crippen molar-refractivity contribution in [2.45, 2.75) is 13.8 Å². The van der Waals surface area contributed by atoms with E-state index in [1.54, 1.807) is 26.0 Å². The highest BCUT2D eigenvalue weighted by molar-refractivity contribution is 7.88. The maximum atomic E-state index is 12.0. The number of hydrogen-bond donors (Lipinski definition) is 1. The molecule has 0 aliphatic rings. The number of likely N-dealkylation sites (N-methyl/N-ethyl adjacent to an activating group) is 1. The number of anilines is 1. The normalized spacial score (nSPS) is 11.4. The van der Waals surface area contributed by atoms with E-state index in [0.29, 0.717) is 22.8 Å². The van der Waals surface area contributed by atoms with Crippen LogP contribution in [0.1, 0.15) is 11.4 Å². The number of sulfonamides is 1. The quantitative estimate of drug-likeness (QED) is 0.837. The lowest BCUT2D eigenvalue weighted by atomic mass is 10.3. The van der Waals surface area contributed by atoms with E-state index < -0.39 is 15.9 Å². The molecular formula is C16H20N4O4S. The predicted octanol–water partition coefficient (Wildman–Crippen LogP) is 1.72. The predicted molar refractivity (Wildman–Crippen MR) is 94.1 cm³/mol. The molecule has 2 rings (SSSR count). The van der Waals surface area contributed by atoms with Crippen molar-refractivity contribution in [3.05, 3.63) is 41.7 Å². The Balaban J connectivity index is 2.13. The number of amides is 1. The van der Waals surface area contributed by atoms with Crippen LogP contribution in [-0.4, -0.2) is 48.4 Å². The summed E-state index contributed by atoms with van der Waals surface area (Å²) in [6.07, 6.45) is 1.04. The molecule has 0 unspecified atom stereocenters. The van der Waals surface area contributed by atoms with Crippen molar-refractivity contribution in [2.24, 2.45) is 0 Å². The Kier molecular flexibility index (Phi) is 5.70. The number of carbonyl (C=O) groups excluding carboxylic acids is 1. The Morgan fingerprint density at radius 2 is 1.72 bits per heavy atom. The number of benzene rings is 1. The van der Waals surface area contributed by atoms with Crippen molar-refractivity contribution < 1.29 is 17.9 Å². The Morgan fingerprint density at radius 1 is 1.16 bits per heavy atom. The van der Waals surface area contributed by atoms with Crippen LogP contribution in [0.5, 0.6) is 11.8 Å². The molecular weight excluding hydrogens is 344 g/mol. The molecule has 0 saturated carbocycles. The second kappa shape index (κ2) is 7.58. The van der Waals surface area contributed by atoms with E-state index in [1.165, 1.54) is 7.05 Å². The number of aromatic nitrogens is 2. The Hall–Kier alpha value is -2.52. The fourth-order valence-electron chi connectivity index (χ4n) is 2.00. The number of ether oxygens (including phenoxy) is 1. The Morgan fingerprint density at radius 3 is 2.24 bits per heavy atom. The Labute approximate surface area is 146 Å². The number of para-hydroxylation sites is 1. The average molecular weight is 364 g/mol. The lowest BCUT2D eigenvalue weighted by molar-refractivity contribution is -0.116. The second-order valence-corrected chi connectivity index (χ2v) is 7.62. The number of nitrogens with one attached hydrogen (secondary N) is 1. The van der Waals surface area contributed by atoms with Crippen molar-refractivity contribution in [2.75, 3.05) is 25.2 Å². The number of rotatable bonds is 6. The number of carbonyl (C=O) groups is 1. The maximum Gasteiger partial charge on any atom is 0.322 e. The second-order valence-electron chi connectivity index (χ2n) is 5.53. The fraction of sp³-hybridized carbons (Fsp3) is 0.312. The van der Waals surface area contributed by atoms with E-state index in [-0.39, 0.29) is 12.6 Å². The van der Waals surface area contributed by atoms with Crippen LogP contribution in [0.3, 0.4) is 0 Å². The molecule has 134 valence electrons. The molecule has 1 aromatic carbocycles. The van der Waals surface area contributed by atoms with Crippen LogP contribution >= 0.6 is 0 Å². The van der Waals surface area contributed by atoms with Gasteiger partial charge in [-0.3, -0.25) is 4.79 Å². The first kappa shape index (κ1) is 18.8. The zero-order chi connectivity index (χ0) is 18.6. The van der Waals surface area contributed by atoms with Gasteiger partial charge < -0.3 is 10.1 Å². The minimum atomic E-state index is -3.43. The molecule has 0 fully saturated rings. The van der Waals surface area contributed by atoms with Gasteiger partial charge in [0.15, 0.2) is 0 Å². The van der Waals surface area contributed by atoms with Crippen LogP contribution in [-0.2, 0) is 14.8 Å². The van der Waals surface area contributed by atoms with E-state index in [4.69, 9.17) is 4.74 Å². The van der Waals surface area contributed by atoms with E-state index >= 15 is 0 Å². The minimum Gasteiger partial charge on any atom is -0.424 e. The minimum absolute atomic E-state index is 0.174. The highest BCUT2D eigenvalue weighted by Gasteiger charge is 2.18. The molecule has 9 heteroatoms. The van der Waals surface area contributed by atoms with Crippen LogP contribution in [0.4, 0.5) is 5.69 Å². The molecule has 1 heterocycles. The molecule has 0 atom stereocenters. The summed E-state index contributed by atoms with van der Waals surface area (Å²) in [7, 11) is -2.10. The zero-order valence-corrected chi connectivity index (χ0v) is 15.3. The number of nitrogens with zero attached hydrogens (tertiary/aromatic N) is 3. The topological polar surface area (TPSA) is 101 Å². The van der Waals surface area contributed by atoms with Gasteiger partial charge in [0.05, 0.1) is 29.9 Å². The summed E-state index contributed by atoms with van der Waals surface area (Å²) in [5.41, 5.74) is 1.48. The lowest BCUT2D eigenvalue weighted by Gasteiger charge is -2.16. The van der Waals surface area contributed by atoms with Gasteiger partial charge in [0.1, 0.15) is 5.75 Å². The highest BCUT2D eigenvalue weighted by atomic mass is 32.2. The van der Waals surface area contributed by atoms with Gasteiger partial charge in [-0.2, -0.15) is 14.3 Å². The first-order chi connectivity index (χ1) is 11.7. The van der Waals surface area contributed by atoms with Crippen molar-refractivity contribution >= 4 is 21.6 Å². The van der Waals surface area contributed by atoms with E-state index in [0.717, 1.165) is 10.6 Å². The van der Waals surface area contributed by atoms with E-state index in [9.17, 15) is 13.2 Å². The summed E-state index contributed by atoms with van der Waals surface area (Å²) in [6, 6.07) is 9.28. The standard InChI is InChI=1S/C16H20N4O4S/c1-11-15(19-14(21)10-20(3)25(4,22)23)12(2)18-16(17-11)24-13-8-6-5-7-9-13/h5-9H,10H2,1-4H3,(H,19,21). The van der Waals surface area contributed by atoms with Crippen LogP contribution in [0, 0.1) is 13.8 Å². The summed E-state index contributed by atoms with van der Waals surface area (Å²) in [6.45, 7) is 3.13. The van der Waals surface area contributed by atoms with Gasteiger partial charge in [0.2, 0.25) is 15.9 Å². The monoisotopic (exact) mass is 364 g/mol. The van der Waals surface area contributed by atoms with Gasteiger partial charge in [-0.25, -0.2) is 8.42 Å². The SMILES string of the molecule is Cc1nc(Oc2ccccc2)nc(C)c1NC(=O)CN(C)S(C)(=O)=O. The molecule has 8 nitrogen and oxygen atoms in total. The summed E-state index contributed by atoms with van der Waals surface area (Å²) < 4.78 is 29.3. The summed E-state index contributed by atoms with van der Waals surface area (Å²) in [4.78, 5) is 20.5. The lowest BCUT2D eigenvalue weighted by Crippen LogP contribution is -2.34. The van der Waals surface area contributed by atoms with Gasteiger partial charge in [-0.1, -0.05) is 18.2 Å². The van der Waals surface area contributed by atoms with Gasteiger partial charge in [0, 0.05) is 7.05 Å². The first-order valence-corrected chi connectivity index (χ1v) is 9.31. The third-order valence-electron chi connectivity index (χ3n) is 3.40. The molecule has 1 amide bonds. The van der Waals surface area contributed by atoms with E-state index in [1.807, 2.05) is 18.2 Å². The fourth-order valence-corrected chi connectivity index (χ4v) is 2.36. The molecule has 0 bridgehead atoms. The van der Waals surface area contributed by atoms with Crippen LogP contribution in [0.25, 0.3) is 0 Å². The number of aryl methyl sites for hydroxylation is 2. The zero-order valence-electron chi connectivity index (χ0n) is 14.5. The molecule has 0 saturated heterocycles. The molecule has 0 radical (unpaired) electrons. The molecule has 1 N–H and O–H groups in total. The molecule has 0 aliphatic carbocycles. The summed E-state index contributed by atoms with van der Waals surface area (Å²) >= 11 is 0. The van der Waals surface area contributed by atoms with Gasteiger partial charge in [-0.05, 0) is 26.0 Å². The maximum absolute atomic E-state index is 12.0. The smallest absolute Gasteiger partial charge is 0.322 e. The molecule has 1 aromatic heterocycles. The van der Waals surface area contributed by atoms with Crippen LogP contribution in [0.15, 0.2) is 30.3 Å². The average Bonchev–Trinajstić information content (AvgIpc) is 2.51.